The zero-order valence-electron chi connectivity index (χ0n) is 14.5. The summed E-state index contributed by atoms with van der Waals surface area (Å²) in [6, 6.07) is 9.88. The zero-order chi connectivity index (χ0) is 16.0. The molecule has 0 bridgehead atoms. The fourth-order valence-electron chi connectivity index (χ4n) is 2.30. The van der Waals surface area contributed by atoms with Crippen molar-refractivity contribution in [1.29, 1.82) is 0 Å². The molecule has 0 aliphatic carbocycles. The minimum absolute atomic E-state index is 0.624. The number of para-hydroxylation sites is 1. The van der Waals surface area contributed by atoms with Gasteiger partial charge in [-0.15, -0.1) is 0 Å². The molecule has 4 heteroatoms. The van der Waals surface area contributed by atoms with E-state index in [0.717, 1.165) is 25.3 Å². The van der Waals surface area contributed by atoms with Gasteiger partial charge in [0, 0.05) is 39.3 Å². The van der Waals surface area contributed by atoms with E-state index in [0.29, 0.717) is 13.2 Å². The van der Waals surface area contributed by atoms with Gasteiger partial charge in [-0.25, -0.2) is 0 Å². The number of piperazine rings is 1. The molecule has 0 spiro atoms. The first-order valence-corrected chi connectivity index (χ1v) is 8.51. The molecule has 1 fully saturated rings. The first-order chi connectivity index (χ1) is 10.8. The van der Waals surface area contributed by atoms with Crippen LogP contribution in [0, 0.1) is 0 Å². The van der Waals surface area contributed by atoms with Crippen LogP contribution in [-0.2, 0) is 4.74 Å². The lowest BCUT2D eigenvalue weighted by atomic mass is 10.3. The third-order valence-corrected chi connectivity index (χ3v) is 3.60. The molecular formula is C18H32N2O2. The van der Waals surface area contributed by atoms with Crippen LogP contribution in [0.1, 0.15) is 20.3 Å². The van der Waals surface area contributed by atoms with Gasteiger partial charge >= 0.3 is 0 Å². The van der Waals surface area contributed by atoms with Crippen LogP contribution in [0.25, 0.3) is 0 Å². The predicted octanol–water partition coefficient (Wildman–Crippen LogP) is 2.75. The van der Waals surface area contributed by atoms with Crippen LogP contribution < -0.4 is 4.74 Å². The summed E-state index contributed by atoms with van der Waals surface area (Å²) < 4.78 is 11.2. The van der Waals surface area contributed by atoms with E-state index in [1.54, 1.807) is 0 Å². The van der Waals surface area contributed by atoms with Crippen LogP contribution in [0.5, 0.6) is 5.75 Å². The van der Waals surface area contributed by atoms with Crippen molar-refractivity contribution in [2.45, 2.75) is 20.3 Å². The van der Waals surface area contributed by atoms with Crippen LogP contribution >= 0.6 is 0 Å². The summed E-state index contributed by atoms with van der Waals surface area (Å²) in [5.74, 6) is 0.911. The Hall–Kier alpha value is -1.10. The lowest BCUT2D eigenvalue weighted by Crippen LogP contribution is -2.44. The molecule has 0 saturated carbocycles. The highest BCUT2D eigenvalue weighted by molar-refractivity contribution is 5.20. The van der Waals surface area contributed by atoms with Crippen LogP contribution in [0.15, 0.2) is 30.3 Å². The second kappa shape index (κ2) is 12.4. The van der Waals surface area contributed by atoms with Crippen LogP contribution in [0.2, 0.25) is 0 Å². The lowest BCUT2D eigenvalue weighted by Gasteiger charge is -2.32. The standard InChI is InChI=1S/C16H26N2O2.C2H6/c1-17-9-11-18(12-10-17)8-5-13-19-14-15-20-16-6-3-2-4-7-16;1-2/h2-4,6-7H,5,8-15H2,1H3;1-2H3. The maximum absolute atomic E-state index is 5.61. The molecule has 1 heterocycles. The molecule has 4 nitrogen and oxygen atoms in total. The van der Waals surface area contributed by atoms with Crippen LogP contribution in [-0.4, -0.2) is 69.4 Å². The molecule has 126 valence electrons. The fourth-order valence-corrected chi connectivity index (χ4v) is 2.30. The molecular weight excluding hydrogens is 276 g/mol. The normalized spacial score (nSPS) is 16.0. The highest BCUT2D eigenvalue weighted by atomic mass is 16.5. The minimum Gasteiger partial charge on any atom is -0.491 e. The Morgan fingerprint density at radius 3 is 2.27 bits per heavy atom. The quantitative estimate of drug-likeness (QED) is 0.690. The average Bonchev–Trinajstić information content (AvgIpc) is 2.58. The Morgan fingerprint density at radius 2 is 1.59 bits per heavy atom. The van der Waals surface area contributed by atoms with Gasteiger partial charge in [0.2, 0.25) is 0 Å². The lowest BCUT2D eigenvalue weighted by molar-refractivity contribution is 0.0847. The maximum atomic E-state index is 5.61. The van der Waals surface area contributed by atoms with Gasteiger partial charge in [-0.1, -0.05) is 32.0 Å². The SMILES string of the molecule is CC.CN1CCN(CCCOCCOc2ccccc2)CC1. The second-order valence-electron chi connectivity index (χ2n) is 5.27. The van der Waals surface area contributed by atoms with Gasteiger partial charge in [-0.3, -0.25) is 0 Å². The molecule has 1 aliphatic heterocycles. The molecule has 1 aromatic carbocycles. The van der Waals surface area contributed by atoms with Crippen molar-refractivity contribution in [3.63, 3.8) is 0 Å². The molecule has 0 radical (unpaired) electrons. The average molecular weight is 308 g/mol. The molecule has 1 aliphatic rings. The molecule has 22 heavy (non-hydrogen) atoms. The second-order valence-corrected chi connectivity index (χ2v) is 5.27. The summed E-state index contributed by atoms with van der Waals surface area (Å²) in [5, 5.41) is 0. The number of ether oxygens (including phenoxy) is 2. The van der Waals surface area contributed by atoms with E-state index in [2.05, 4.69) is 16.8 Å². The molecule has 0 amide bonds. The van der Waals surface area contributed by atoms with Crippen molar-refractivity contribution < 1.29 is 9.47 Å². The van der Waals surface area contributed by atoms with Crippen molar-refractivity contribution in [1.82, 2.24) is 9.80 Å². The zero-order valence-corrected chi connectivity index (χ0v) is 14.5. The minimum atomic E-state index is 0.624. The summed E-state index contributed by atoms with van der Waals surface area (Å²) in [6.45, 7) is 12.0. The van der Waals surface area contributed by atoms with Crippen molar-refractivity contribution >= 4 is 0 Å². The van der Waals surface area contributed by atoms with E-state index in [9.17, 15) is 0 Å². The van der Waals surface area contributed by atoms with E-state index in [1.165, 1.54) is 26.2 Å². The van der Waals surface area contributed by atoms with Crippen LogP contribution in [0.3, 0.4) is 0 Å². The largest absolute Gasteiger partial charge is 0.491 e. The summed E-state index contributed by atoms with van der Waals surface area (Å²) in [5.41, 5.74) is 0. The molecule has 1 saturated heterocycles. The first kappa shape index (κ1) is 18.9. The number of hydrogen-bond acceptors (Lipinski definition) is 4. The Bertz CT molecular complexity index is 351. The molecule has 0 aromatic heterocycles. The third kappa shape index (κ3) is 8.37. The topological polar surface area (TPSA) is 24.9 Å². The van der Waals surface area contributed by atoms with Crippen molar-refractivity contribution in [2.24, 2.45) is 0 Å². The monoisotopic (exact) mass is 308 g/mol. The summed E-state index contributed by atoms with van der Waals surface area (Å²) >= 11 is 0. The smallest absolute Gasteiger partial charge is 0.119 e. The van der Waals surface area contributed by atoms with E-state index in [1.807, 2.05) is 44.2 Å². The Morgan fingerprint density at radius 1 is 0.909 bits per heavy atom. The number of nitrogens with zero attached hydrogens (tertiary/aromatic N) is 2. The molecule has 1 aromatic rings. The van der Waals surface area contributed by atoms with E-state index in [4.69, 9.17) is 9.47 Å². The summed E-state index contributed by atoms with van der Waals surface area (Å²) in [4.78, 5) is 4.90. The molecule has 0 atom stereocenters. The van der Waals surface area contributed by atoms with Crippen molar-refractivity contribution in [2.75, 3.05) is 59.6 Å². The first-order valence-electron chi connectivity index (χ1n) is 8.51. The summed E-state index contributed by atoms with van der Waals surface area (Å²) in [7, 11) is 2.19. The maximum Gasteiger partial charge on any atom is 0.119 e. The highest BCUT2D eigenvalue weighted by Crippen LogP contribution is 2.07. The van der Waals surface area contributed by atoms with E-state index < -0.39 is 0 Å². The fraction of sp³-hybridized carbons (Fsp3) is 0.667. The Kier molecular flexibility index (Phi) is 10.7. The third-order valence-electron chi connectivity index (χ3n) is 3.60. The summed E-state index contributed by atoms with van der Waals surface area (Å²) in [6.07, 6.45) is 1.11. The van der Waals surface area contributed by atoms with Gasteiger partial charge in [-0.2, -0.15) is 0 Å². The number of likely N-dealkylation sites (N-methyl/N-ethyl adjacent to an activating group) is 1. The van der Waals surface area contributed by atoms with Gasteiger partial charge in [0.15, 0.2) is 0 Å². The Labute approximate surface area is 136 Å². The van der Waals surface area contributed by atoms with Gasteiger partial charge in [0.25, 0.3) is 0 Å². The van der Waals surface area contributed by atoms with Crippen LogP contribution in [0.4, 0.5) is 0 Å². The number of benzene rings is 1. The predicted molar refractivity (Wildman–Crippen MR) is 92.7 cm³/mol. The molecule has 2 rings (SSSR count). The Balaban J connectivity index is 0.00000116. The van der Waals surface area contributed by atoms with Gasteiger partial charge in [0.1, 0.15) is 12.4 Å². The van der Waals surface area contributed by atoms with Gasteiger partial charge in [0.05, 0.1) is 6.61 Å². The van der Waals surface area contributed by atoms with Crippen molar-refractivity contribution in [3.8, 4) is 5.75 Å². The molecule has 0 unspecified atom stereocenters. The van der Waals surface area contributed by atoms with E-state index in [-0.39, 0.29) is 0 Å². The van der Waals surface area contributed by atoms with Crippen molar-refractivity contribution in [3.05, 3.63) is 30.3 Å². The molecule has 0 N–H and O–H groups in total. The van der Waals surface area contributed by atoms with E-state index >= 15 is 0 Å². The number of hydrogen-bond donors (Lipinski definition) is 0. The number of rotatable bonds is 8. The van der Waals surface area contributed by atoms with Gasteiger partial charge < -0.3 is 19.3 Å². The highest BCUT2D eigenvalue weighted by Gasteiger charge is 2.12. The van der Waals surface area contributed by atoms with Gasteiger partial charge in [-0.05, 0) is 25.6 Å².